The fraction of sp³-hybridized carbons (Fsp3) is 0. The summed E-state index contributed by atoms with van der Waals surface area (Å²) in [5.41, 5.74) is 16.0. The molecule has 0 radical (unpaired) electrons. The summed E-state index contributed by atoms with van der Waals surface area (Å²) in [7, 11) is 6.55. The van der Waals surface area contributed by atoms with E-state index in [1.54, 1.807) is 0 Å². The second kappa shape index (κ2) is 10.7. The molecule has 0 unspecified atom stereocenters. The van der Waals surface area contributed by atoms with Crippen molar-refractivity contribution >= 4 is 83.5 Å². The lowest BCUT2D eigenvalue weighted by Crippen LogP contribution is -2.10. The van der Waals surface area contributed by atoms with Crippen molar-refractivity contribution in [2.75, 3.05) is 0 Å². The topological polar surface area (TPSA) is 9.86 Å². The highest BCUT2D eigenvalue weighted by atomic mass is 15.0. The monoisotopic (exact) mass is 596 g/mol. The lowest BCUT2D eigenvalue weighted by atomic mass is 9.84. The standard InChI is InChI=1S/C42H31B3N2/c43-29-10-6-8-26(22-29)27-16-18-35-40(24-27)46(31-12-2-1-3-13-31)38-20-21-39-41(42(35)38)34-14-4-5-15-37(34)47(39)32-17-19-33(36(45)25-32)28-9-7-11-30(44)23-28/h1-25H,43-45H2. The van der Waals surface area contributed by atoms with Gasteiger partial charge < -0.3 is 9.13 Å². The largest absolute Gasteiger partial charge is 0.309 e. The Bertz CT molecular complexity index is 2670. The number of aromatic nitrogens is 2. The Labute approximate surface area is 277 Å². The van der Waals surface area contributed by atoms with Crippen LogP contribution in [-0.2, 0) is 0 Å². The summed E-state index contributed by atoms with van der Waals surface area (Å²) in [4.78, 5) is 0. The van der Waals surface area contributed by atoms with Crippen molar-refractivity contribution in [3.63, 3.8) is 0 Å². The number of hydrogen-bond donors (Lipinski definition) is 0. The van der Waals surface area contributed by atoms with Gasteiger partial charge in [-0.05, 0) is 70.8 Å². The van der Waals surface area contributed by atoms with Crippen LogP contribution in [0.25, 0.3) is 77.2 Å². The number of hydrogen-bond acceptors (Lipinski definition) is 0. The molecule has 9 rings (SSSR count). The molecule has 0 saturated carbocycles. The van der Waals surface area contributed by atoms with E-state index in [4.69, 9.17) is 0 Å². The van der Waals surface area contributed by atoms with Gasteiger partial charge in [-0.1, -0.05) is 120 Å². The Morgan fingerprint density at radius 1 is 0.362 bits per heavy atom. The smallest absolute Gasteiger partial charge is 0.140 e. The third kappa shape index (κ3) is 4.38. The van der Waals surface area contributed by atoms with E-state index < -0.39 is 0 Å². The molecule has 9 aromatic rings. The molecule has 0 aliphatic carbocycles. The molecule has 0 saturated heterocycles. The van der Waals surface area contributed by atoms with Gasteiger partial charge in [0.25, 0.3) is 0 Å². The van der Waals surface area contributed by atoms with E-state index in [9.17, 15) is 0 Å². The Hall–Kier alpha value is -5.67. The maximum absolute atomic E-state index is 2.45. The van der Waals surface area contributed by atoms with E-state index >= 15 is 0 Å². The fourth-order valence-electron chi connectivity index (χ4n) is 7.63. The van der Waals surface area contributed by atoms with Gasteiger partial charge in [-0.3, -0.25) is 0 Å². The molecule has 0 atom stereocenters. The molecular weight excluding hydrogens is 565 g/mol. The van der Waals surface area contributed by atoms with Gasteiger partial charge in [0, 0.05) is 32.9 Å². The third-order valence-corrected chi connectivity index (χ3v) is 9.73. The Kier molecular flexibility index (Phi) is 6.30. The minimum absolute atomic E-state index is 1.17. The van der Waals surface area contributed by atoms with E-state index in [2.05, 4.69) is 184 Å². The van der Waals surface area contributed by atoms with Gasteiger partial charge >= 0.3 is 0 Å². The predicted molar refractivity (Wildman–Crippen MR) is 211 cm³/mol. The molecule has 47 heavy (non-hydrogen) atoms. The summed E-state index contributed by atoms with van der Waals surface area (Å²) in [5.74, 6) is 0. The lowest BCUT2D eigenvalue weighted by molar-refractivity contribution is 1.17. The predicted octanol–water partition coefficient (Wildman–Crippen LogP) is 5.99. The minimum atomic E-state index is 1.17. The number of benzene rings is 7. The van der Waals surface area contributed by atoms with Gasteiger partial charge in [-0.25, -0.2) is 0 Å². The highest BCUT2D eigenvalue weighted by Gasteiger charge is 2.21. The zero-order valence-corrected chi connectivity index (χ0v) is 26.8. The Morgan fingerprint density at radius 2 is 0.979 bits per heavy atom. The zero-order valence-electron chi connectivity index (χ0n) is 26.8. The first-order valence-corrected chi connectivity index (χ1v) is 16.4. The van der Waals surface area contributed by atoms with Gasteiger partial charge in [0.15, 0.2) is 0 Å². The molecule has 0 fully saturated rings. The maximum Gasteiger partial charge on any atom is 0.140 e. The maximum atomic E-state index is 2.45. The summed E-state index contributed by atoms with van der Waals surface area (Å²) >= 11 is 0. The fourth-order valence-corrected chi connectivity index (χ4v) is 7.63. The van der Waals surface area contributed by atoms with Crippen LogP contribution in [0.2, 0.25) is 0 Å². The summed E-state index contributed by atoms with van der Waals surface area (Å²) in [6.07, 6.45) is 0. The Morgan fingerprint density at radius 3 is 1.70 bits per heavy atom. The van der Waals surface area contributed by atoms with Crippen molar-refractivity contribution < 1.29 is 0 Å². The second-order valence-corrected chi connectivity index (χ2v) is 12.8. The normalized spacial score (nSPS) is 11.7. The highest BCUT2D eigenvalue weighted by molar-refractivity contribution is 6.37. The number of nitrogens with zero attached hydrogens (tertiary/aromatic N) is 2. The number of fused-ring (bicyclic) bond motifs is 7. The molecule has 0 aliphatic heterocycles. The number of para-hydroxylation sites is 2. The van der Waals surface area contributed by atoms with Crippen LogP contribution in [0.1, 0.15) is 0 Å². The van der Waals surface area contributed by atoms with Crippen molar-refractivity contribution in [1.29, 1.82) is 0 Å². The molecule has 0 N–H and O–H groups in total. The third-order valence-electron chi connectivity index (χ3n) is 9.73. The number of rotatable bonds is 4. The van der Waals surface area contributed by atoms with Crippen molar-refractivity contribution in [2.45, 2.75) is 0 Å². The van der Waals surface area contributed by atoms with Gasteiger partial charge in [0.05, 0.1) is 22.1 Å². The van der Waals surface area contributed by atoms with Gasteiger partial charge in [0.1, 0.15) is 23.5 Å². The first kappa shape index (κ1) is 27.6. The minimum Gasteiger partial charge on any atom is -0.309 e. The molecule has 0 aliphatic rings. The van der Waals surface area contributed by atoms with E-state index in [0.717, 1.165) is 0 Å². The average molecular weight is 596 g/mol. The van der Waals surface area contributed by atoms with Crippen LogP contribution in [0.3, 0.4) is 0 Å². The average Bonchev–Trinajstić information content (AvgIpc) is 3.61. The van der Waals surface area contributed by atoms with Crippen LogP contribution in [0.5, 0.6) is 0 Å². The second-order valence-electron chi connectivity index (χ2n) is 12.8. The summed E-state index contributed by atoms with van der Waals surface area (Å²) in [5, 5.41) is 5.12. The van der Waals surface area contributed by atoms with Crippen molar-refractivity contribution in [1.82, 2.24) is 9.13 Å². The van der Waals surface area contributed by atoms with Crippen LogP contribution in [0.15, 0.2) is 152 Å². The van der Waals surface area contributed by atoms with Crippen LogP contribution in [-0.4, -0.2) is 32.7 Å². The molecule has 218 valence electrons. The zero-order chi connectivity index (χ0) is 31.6. The van der Waals surface area contributed by atoms with Crippen LogP contribution in [0, 0.1) is 0 Å². The first-order valence-electron chi connectivity index (χ1n) is 16.4. The molecule has 0 spiro atoms. The molecule has 0 amide bonds. The quantitative estimate of drug-likeness (QED) is 0.221. The molecule has 0 bridgehead atoms. The molecular formula is C42H31B3N2. The van der Waals surface area contributed by atoms with E-state index in [0.29, 0.717) is 0 Å². The summed E-state index contributed by atoms with van der Waals surface area (Å²) in [6, 6.07) is 55.8. The van der Waals surface area contributed by atoms with Gasteiger partial charge in [-0.15, -0.1) is 0 Å². The van der Waals surface area contributed by atoms with Crippen LogP contribution in [0.4, 0.5) is 0 Å². The molecule has 2 nitrogen and oxygen atoms in total. The van der Waals surface area contributed by atoms with Crippen molar-refractivity contribution in [2.24, 2.45) is 0 Å². The van der Waals surface area contributed by atoms with E-state index in [-0.39, 0.29) is 0 Å². The van der Waals surface area contributed by atoms with Crippen LogP contribution >= 0.6 is 0 Å². The Balaban J connectivity index is 1.35. The van der Waals surface area contributed by atoms with E-state index in [1.165, 1.54) is 93.6 Å². The van der Waals surface area contributed by atoms with Crippen molar-refractivity contribution in [3.05, 3.63) is 152 Å². The van der Waals surface area contributed by atoms with E-state index in [1.807, 2.05) is 0 Å². The molecule has 2 aromatic heterocycles. The van der Waals surface area contributed by atoms with Gasteiger partial charge in [0.2, 0.25) is 0 Å². The first-order chi connectivity index (χ1) is 23.0. The van der Waals surface area contributed by atoms with Crippen molar-refractivity contribution in [3.8, 4) is 33.6 Å². The molecule has 2 heterocycles. The lowest BCUT2D eigenvalue weighted by Gasteiger charge is -2.13. The summed E-state index contributed by atoms with van der Waals surface area (Å²) in [6.45, 7) is 0. The molecule has 5 heteroatoms. The highest BCUT2D eigenvalue weighted by Crippen LogP contribution is 2.43. The SMILES string of the molecule is Bc1cccc(-c2ccc3c4c5c6ccccc6n(-c6ccc(-c7cccc(B)c7)c(B)c6)c5ccc4n(-c4ccccc4)c3c2)c1. The van der Waals surface area contributed by atoms with Gasteiger partial charge in [-0.2, -0.15) is 0 Å². The molecule has 7 aromatic carbocycles. The summed E-state index contributed by atoms with van der Waals surface area (Å²) < 4.78 is 4.89. The van der Waals surface area contributed by atoms with Crippen LogP contribution < -0.4 is 16.4 Å².